The van der Waals surface area contributed by atoms with Crippen LogP contribution in [0.1, 0.15) is 6.92 Å². The fraction of sp³-hybridized carbons (Fsp3) is 0.429. The lowest BCUT2D eigenvalue weighted by Crippen LogP contribution is -2.26. The maximum absolute atomic E-state index is 11.2. The molecule has 0 fully saturated rings. The van der Waals surface area contributed by atoms with E-state index in [9.17, 15) is 4.79 Å². The molecule has 1 unspecified atom stereocenters. The average molecular weight is 280 g/mol. The minimum Gasteiger partial charge on any atom is -0.391 e. The third-order valence-electron chi connectivity index (χ3n) is 1.27. The van der Waals surface area contributed by atoms with Gasteiger partial charge in [0, 0.05) is 9.64 Å². The normalized spacial score (nSPS) is 12.9. The highest BCUT2D eigenvalue weighted by Gasteiger charge is 2.01. The molecule has 0 aliphatic carbocycles. The molecule has 1 heterocycles. The molecule has 66 valence electrons. The van der Waals surface area contributed by atoms with Gasteiger partial charge in [0.05, 0.1) is 18.8 Å². The number of aliphatic hydroxyl groups is 1. The molecule has 1 rings (SSSR count). The number of rotatable bonds is 2. The summed E-state index contributed by atoms with van der Waals surface area (Å²) in [5, 5.41) is 12.9. The summed E-state index contributed by atoms with van der Waals surface area (Å²) in [4.78, 5) is 11.2. The van der Waals surface area contributed by atoms with Gasteiger partial charge in [-0.3, -0.25) is 4.79 Å². The first kappa shape index (κ1) is 9.66. The van der Waals surface area contributed by atoms with Gasteiger partial charge in [-0.15, -0.1) is 0 Å². The van der Waals surface area contributed by atoms with Crippen molar-refractivity contribution >= 4 is 22.6 Å². The fourth-order valence-corrected chi connectivity index (χ4v) is 1.19. The van der Waals surface area contributed by atoms with Gasteiger partial charge in [0.1, 0.15) is 0 Å². The summed E-state index contributed by atoms with van der Waals surface area (Å²) in [7, 11) is 0. The number of hydrogen-bond donors (Lipinski definition) is 1. The maximum Gasteiger partial charge on any atom is 0.267 e. The van der Waals surface area contributed by atoms with Gasteiger partial charge in [-0.2, -0.15) is 5.10 Å². The van der Waals surface area contributed by atoms with Crippen LogP contribution in [0.5, 0.6) is 0 Å². The molecule has 0 aromatic carbocycles. The molecule has 0 bridgehead atoms. The van der Waals surface area contributed by atoms with Gasteiger partial charge in [-0.1, -0.05) is 0 Å². The topological polar surface area (TPSA) is 55.1 Å². The summed E-state index contributed by atoms with van der Waals surface area (Å²) in [5.74, 6) is 0. The van der Waals surface area contributed by atoms with E-state index in [2.05, 4.69) is 5.10 Å². The second-order valence-corrected chi connectivity index (χ2v) is 3.79. The van der Waals surface area contributed by atoms with E-state index in [1.54, 1.807) is 13.1 Å². The summed E-state index contributed by atoms with van der Waals surface area (Å²) in [5.41, 5.74) is -0.178. The average Bonchev–Trinajstić information content (AvgIpc) is 1.94. The van der Waals surface area contributed by atoms with E-state index < -0.39 is 6.10 Å². The maximum atomic E-state index is 11.2. The highest BCUT2D eigenvalue weighted by molar-refractivity contribution is 14.1. The Hall–Kier alpha value is -0.430. The summed E-state index contributed by atoms with van der Waals surface area (Å²) in [6.45, 7) is 1.86. The molecule has 0 saturated carbocycles. The minimum atomic E-state index is -0.546. The first-order chi connectivity index (χ1) is 5.59. The monoisotopic (exact) mass is 280 g/mol. The predicted octanol–water partition coefficient (Wildman–Crippen LogP) is 0.229. The Morgan fingerprint density at radius 3 is 3.00 bits per heavy atom. The molecular formula is C7H9IN2O2. The lowest BCUT2D eigenvalue weighted by Gasteiger charge is -2.05. The Morgan fingerprint density at radius 1 is 1.83 bits per heavy atom. The third-order valence-corrected chi connectivity index (χ3v) is 1.86. The van der Waals surface area contributed by atoms with Crippen LogP contribution in [0.15, 0.2) is 17.1 Å². The summed E-state index contributed by atoms with van der Waals surface area (Å²) in [6.07, 6.45) is 1.04. The number of aromatic nitrogens is 2. The molecule has 0 radical (unpaired) electrons. The Kier molecular flexibility index (Phi) is 3.21. The van der Waals surface area contributed by atoms with Crippen molar-refractivity contribution in [1.82, 2.24) is 9.78 Å². The molecular weight excluding hydrogens is 271 g/mol. The largest absolute Gasteiger partial charge is 0.391 e. The number of hydrogen-bond acceptors (Lipinski definition) is 3. The van der Waals surface area contributed by atoms with Gasteiger partial charge in [-0.05, 0) is 29.5 Å². The van der Waals surface area contributed by atoms with Crippen molar-refractivity contribution in [2.75, 3.05) is 0 Å². The van der Waals surface area contributed by atoms with E-state index in [0.29, 0.717) is 0 Å². The van der Waals surface area contributed by atoms with Crippen LogP contribution in [0.4, 0.5) is 0 Å². The van der Waals surface area contributed by atoms with Gasteiger partial charge in [0.25, 0.3) is 5.56 Å². The zero-order valence-electron chi connectivity index (χ0n) is 6.57. The van der Waals surface area contributed by atoms with Crippen molar-refractivity contribution in [1.29, 1.82) is 0 Å². The standard InChI is InChI=1S/C7H9IN2O2/c1-5(11)4-10-7(12)2-6(8)3-9-10/h2-3,5,11H,4H2,1H3. The predicted molar refractivity (Wildman–Crippen MR) is 52.9 cm³/mol. The van der Waals surface area contributed by atoms with Crippen molar-refractivity contribution in [3.8, 4) is 0 Å². The van der Waals surface area contributed by atoms with Gasteiger partial charge in [0.2, 0.25) is 0 Å². The zero-order chi connectivity index (χ0) is 9.14. The number of nitrogens with zero attached hydrogens (tertiary/aromatic N) is 2. The highest BCUT2D eigenvalue weighted by Crippen LogP contribution is 1.96. The molecule has 0 aliphatic heterocycles. The number of aliphatic hydroxyl groups excluding tert-OH is 1. The summed E-state index contributed by atoms with van der Waals surface area (Å²) < 4.78 is 2.05. The van der Waals surface area contributed by atoms with Crippen LogP contribution in [-0.2, 0) is 6.54 Å². The van der Waals surface area contributed by atoms with Crippen LogP contribution in [0.25, 0.3) is 0 Å². The molecule has 1 N–H and O–H groups in total. The second-order valence-electron chi connectivity index (χ2n) is 2.54. The SMILES string of the molecule is CC(O)Cn1ncc(I)cc1=O. The van der Waals surface area contributed by atoms with Crippen LogP contribution in [0.3, 0.4) is 0 Å². The third kappa shape index (κ3) is 2.56. The van der Waals surface area contributed by atoms with E-state index in [0.717, 1.165) is 3.57 Å². The fourth-order valence-electron chi connectivity index (χ4n) is 0.799. The minimum absolute atomic E-state index is 0.178. The van der Waals surface area contributed by atoms with E-state index >= 15 is 0 Å². The Balaban J connectivity index is 2.94. The van der Waals surface area contributed by atoms with Crippen LogP contribution in [0.2, 0.25) is 0 Å². The second kappa shape index (κ2) is 3.99. The Bertz CT molecular complexity index is 321. The van der Waals surface area contributed by atoms with Crippen molar-refractivity contribution in [3.63, 3.8) is 0 Å². The summed E-state index contributed by atoms with van der Waals surface area (Å²) >= 11 is 2.02. The Labute approximate surface area is 83.4 Å². The van der Waals surface area contributed by atoms with Crippen molar-refractivity contribution < 1.29 is 5.11 Å². The first-order valence-corrected chi connectivity index (χ1v) is 4.58. The first-order valence-electron chi connectivity index (χ1n) is 3.50. The quantitative estimate of drug-likeness (QED) is 0.789. The van der Waals surface area contributed by atoms with Gasteiger partial charge >= 0.3 is 0 Å². The lowest BCUT2D eigenvalue weighted by molar-refractivity contribution is 0.166. The van der Waals surface area contributed by atoms with E-state index in [-0.39, 0.29) is 12.1 Å². The molecule has 0 amide bonds. The molecule has 4 nitrogen and oxygen atoms in total. The van der Waals surface area contributed by atoms with Crippen LogP contribution in [-0.4, -0.2) is 21.0 Å². The van der Waals surface area contributed by atoms with Crippen molar-refractivity contribution in [3.05, 3.63) is 26.2 Å². The smallest absolute Gasteiger partial charge is 0.267 e. The molecule has 0 saturated heterocycles. The molecule has 5 heteroatoms. The molecule has 0 aliphatic rings. The molecule has 1 atom stereocenters. The molecule has 1 aromatic rings. The van der Waals surface area contributed by atoms with Crippen LogP contribution < -0.4 is 5.56 Å². The molecule has 1 aromatic heterocycles. The molecule has 12 heavy (non-hydrogen) atoms. The number of halogens is 1. The molecule has 0 spiro atoms. The zero-order valence-corrected chi connectivity index (χ0v) is 8.72. The Morgan fingerprint density at radius 2 is 2.50 bits per heavy atom. The van der Waals surface area contributed by atoms with Crippen molar-refractivity contribution in [2.24, 2.45) is 0 Å². The highest BCUT2D eigenvalue weighted by atomic mass is 127. The summed E-state index contributed by atoms with van der Waals surface area (Å²) in [6, 6.07) is 1.48. The van der Waals surface area contributed by atoms with Gasteiger partial charge in [0.15, 0.2) is 0 Å². The lowest BCUT2D eigenvalue weighted by atomic mass is 10.4. The van der Waals surface area contributed by atoms with Crippen LogP contribution >= 0.6 is 22.6 Å². The van der Waals surface area contributed by atoms with E-state index in [1.807, 2.05) is 22.6 Å². The van der Waals surface area contributed by atoms with Gasteiger partial charge < -0.3 is 5.11 Å². The van der Waals surface area contributed by atoms with Gasteiger partial charge in [-0.25, -0.2) is 4.68 Å². The van der Waals surface area contributed by atoms with E-state index in [4.69, 9.17) is 5.11 Å². The van der Waals surface area contributed by atoms with E-state index in [1.165, 1.54) is 10.7 Å². The van der Waals surface area contributed by atoms with Crippen molar-refractivity contribution in [2.45, 2.75) is 19.6 Å². The van der Waals surface area contributed by atoms with Crippen LogP contribution in [0, 0.1) is 3.57 Å².